The Morgan fingerprint density at radius 1 is 1.08 bits per heavy atom. The minimum absolute atomic E-state index is 0.295. The van der Waals surface area contributed by atoms with Crippen LogP contribution in [0.4, 0.5) is 5.69 Å². The van der Waals surface area contributed by atoms with Crippen LogP contribution in [0.2, 0.25) is 0 Å². The smallest absolute Gasteiger partial charge is 0.335 e. The summed E-state index contributed by atoms with van der Waals surface area (Å²) in [5.74, 6) is -0.0199. The molecule has 0 atom stereocenters. The number of hydrogen-bond donors (Lipinski definition) is 1. The van der Waals surface area contributed by atoms with E-state index in [2.05, 4.69) is 38.7 Å². The van der Waals surface area contributed by atoms with Crippen molar-refractivity contribution < 1.29 is 9.90 Å². The second-order valence-corrected chi connectivity index (χ2v) is 5.82. The number of hydrogen-bond acceptors (Lipinski definition) is 3. The van der Waals surface area contributed by atoms with Gasteiger partial charge in [0.05, 0.1) is 5.56 Å². The molecule has 122 valence electrons. The van der Waals surface area contributed by atoms with Crippen molar-refractivity contribution in [1.29, 1.82) is 0 Å². The summed E-state index contributed by atoms with van der Waals surface area (Å²) in [5, 5.41) is 8.97. The fraction of sp³-hybridized carbons (Fsp3) is 0.158. The second kappa shape index (κ2) is 6.58. The number of carboxylic acid groups (broad SMARTS) is 1. The maximum atomic E-state index is 10.9. The van der Waals surface area contributed by atoms with E-state index in [1.807, 2.05) is 32.4 Å². The predicted octanol–water partition coefficient (Wildman–Crippen LogP) is 3.36. The van der Waals surface area contributed by atoms with Crippen LogP contribution in [-0.2, 0) is 6.54 Å². The van der Waals surface area contributed by atoms with E-state index < -0.39 is 5.97 Å². The summed E-state index contributed by atoms with van der Waals surface area (Å²) in [6, 6.07) is 15.2. The van der Waals surface area contributed by atoms with Gasteiger partial charge in [0.2, 0.25) is 0 Å². The van der Waals surface area contributed by atoms with E-state index >= 15 is 0 Å². The molecule has 0 spiro atoms. The quantitative estimate of drug-likeness (QED) is 0.783. The van der Waals surface area contributed by atoms with Crippen LogP contribution in [0.15, 0.2) is 60.9 Å². The Morgan fingerprint density at radius 3 is 2.33 bits per heavy atom. The van der Waals surface area contributed by atoms with E-state index in [9.17, 15) is 4.79 Å². The molecule has 2 aromatic carbocycles. The lowest BCUT2D eigenvalue weighted by molar-refractivity contribution is 0.0697. The van der Waals surface area contributed by atoms with Gasteiger partial charge in [-0.05, 0) is 42.0 Å². The van der Waals surface area contributed by atoms with Crippen LogP contribution in [0, 0.1) is 0 Å². The molecule has 0 aliphatic heterocycles. The third-order valence-corrected chi connectivity index (χ3v) is 3.91. The van der Waals surface area contributed by atoms with Gasteiger partial charge in [-0.15, -0.1) is 0 Å². The molecule has 0 amide bonds. The summed E-state index contributed by atoms with van der Waals surface area (Å²) in [7, 11) is 4.02. The first-order valence-electron chi connectivity index (χ1n) is 7.66. The zero-order valence-electron chi connectivity index (χ0n) is 13.7. The van der Waals surface area contributed by atoms with Crippen LogP contribution in [0.25, 0.3) is 11.4 Å². The van der Waals surface area contributed by atoms with Gasteiger partial charge >= 0.3 is 5.97 Å². The standard InChI is InChI=1S/C19H19N3O2/c1-21(2)17-9-7-15(8-10-17)18-20-11-12-22(18)13-14-3-5-16(6-4-14)19(23)24/h3-12H,13H2,1-2H3,(H,23,24). The molecular formula is C19H19N3O2. The van der Waals surface area contributed by atoms with Crippen molar-refractivity contribution in [2.75, 3.05) is 19.0 Å². The first-order valence-corrected chi connectivity index (χ1v) is 7.66. The minimum Gasteiger partial charge on any atom is -0.478 e. The fourth-order valence-corrected chi connectivity index (χ4v) is 2.56. The molecule has 0 aliphatic rings. The van der Waals surface area contributed by atoms with E-state index in [0.29, 0.717) is 12.1 Å². The summed E-state index contributed by atoms with van der Waals surface area (Å²) in [4.78, 5) is 17.4. The number of aromatic nitrogens is 2. The zero-order valence-corrected chi connectivity index (χ0v) is 13.7. The van der Waals surface area contributed by atoms with Crippen LogP contribution < -0.4 is 4.90 Å². The molecule has 3 aromatic rings. The van der Waals surface area contributed by atoms with Crippen LogP contribution in [0.5, 0.6) is 0 Å². The van der Waals surface area contributed by atoms with Crippen molar-refractivity contribution in [3.05, 3.63) is 72.1 Å². The van der Waals surface area contributed by atoms with Crippen molar-refractivity contribution in [3.63, 3.8) is 0 Å². The van der Waals surface area contributed by atoms with E-state index in [0.717, 1.165) is 22.6 Å². The molecule has 0 unspecified atom stereocenters. The molecule has 0 bridgehead atoms. The van der Waals surface area contributed by atoms with Crippen molar-refractivity contribution >= 4 is 11.7 Å². The maximum Gasteiger partial charge on any atom is 0.335 e. The summed E-state index contributed by atoms with van der Waals surface area (Å²) >= 11 is 0. The molecule has 0 aliphatic carbocycles. The highest BCUT2D eigenvalue weighted by Gasteiger charge is 2.08. The maximum absolute atomic E-state index is 10.9. The van der Waals surface area contributed by atoms with Crippen LogP contribution in [0.3, 0.4) is 0 Å². The Morgan fingerprint density at radius 2 is 1.75 bits per heavy atom. The van der Waals surface area contributed by atoms with Gasteiger partial charge in [-0.1, -0.05) is 12.1 Å². The Hall–Kier alpha value is -3.08. The molecule has 5 heteroatoms. The Labute approximate surface area is 140 Å². The third kappa shape index (κ3) is 3.30. The number of benzene rings is 2. The first-order chi connectivity index (χ1) is 11.5. The normalized spacial score (nSPS) is 10.6. The van der Waals surface area contributed by atoms with Gasteiger partial charge in [0, 0.05) is 44.3 Å². The lowest BCUT2D eigenvalue weighted by atomic mass is 10.1. The Kier molecular flexibility index (Phi) is 4.33. The number of carbonyl (C=O) groups is 1. The van der Waals surface area contributed by atoms with Gasteiger partial charge in [-0.3, -0.25) is 0 Å². The minimum atomic E-state index is -0.911. The van der Waals surface area contributed by atoms with Gasteiger partial charge in [-0.25, -0.2) is 9.78 Å². The number of nitrogens with zero attached hydrogens (tertiary/aromatic N) is 3. The lowest BCUT2D eigenvalue weighted by Crippen LogP contribution is -2.08. The van der Waals surface area contributed by atoms with Crippen molar-refractivity contribution in [1.82, 2.24) is 9.55 Å². The number of rotatable bonds is 5. The largest absolute Gasteiger partial charge is 0.478 e. The topological polar surface area (TPSA) is 58.4 Å². The molecule has 1 aromatic heterocycles. The van der Waals surface area contributed by atoms with E-state index in [-0.39, 0.29) is 0 Å². The van der Waals surface area contributed by atoms with Crippen LogP contribution >= 0.6 is 0 Å². The lowest BCUT2D eigenvalue weighted by Gasteiger charge is -2.13. The first kappa shape index (κ1) is 15.8. The number of anilines is 1. The van der Waals surface area contributed by atoms with Gasteiger partial charge < -0.3 is 14.6 Å². The highest BCUT2D eigenvalue weighted by molar-refractivity contribution is 5.87. The van der Waals surface area contributed by atoms with Gasteiger partial charge in [0.1, 0.15) is 5.82 Å². The van der Waals surface area contributed by atoms with Crippen LogP contribution in [0.1, 0.15) is 15.9 Å². The Balaban J connectivity index is 1.83. The van der Waals surface area contributed by atoms with Crippen LogP contribution in [-0.4, -0.2) is 34.7 Å². The predicted molar refractivity (Wildman–Crippen MR) is 94.5 cm³/mol. The highest BCUT2D eigenvalue weighted by atomic mass is 16.4. The summed E-state index contributed by atoms with van der Waals surface area (Å²) in [5.41, 5.74) is 3.52. The third-order valence-electron chi connectivity index (χ3n) is 3.91. The fourth-order valence-electron chi connectivity index (χ4n) is 2.56. The molecule has 0 radical (unpaired) electrons. The average molecular weight is 321 g/mol. The molecule has 0 saturated heterocycles. The molecular weight excluding hydrogens is 302 g/mol. The van der Waals surface area contributed by atoms with Gasteiger partial charge in [0.25, 0.3) is 0 Å². The summed E-state index contributed by atoms with van der Waals surface area (Å²) < 4.78 is 2.06. The molecule has 0 saturated carbocycles. The summed E-state index contributed by atoms with van der Waals surface area (Å²) in [6.07, 6.45) is 3.71. The summed E-state index contributed by atoms with van der Waals surface area (Å²) in [6.45, 7) is 0.644. The molecule has 0 fully saturated rings. The Bertz CT molecular complexity index is 834. The SMILES string of the molecule is CN(C)c1ccc(-c2nccn2Cc2ccc(C(=O)O)cc2)cc1. The molecule has 24 heavy (non-hydrogen) atoms. The van der Waals surface area contributed by atoms with Gasteiger partial charge in [-0.2, -0.15) is 0 Å². The van der Waals surface area contributed by atoms with E-state index in [1.165, 1.54) is 0 Å². The molecule has 1 heterocycles. The van der Waals surface area contributed by atoms with E-state index in [1.54, 1.807) is 18.3 Å². The van der Waals surface area contributed by atoms with E-state index in [4.69, 9.17) is 5.11 Å². The number of imidazole rings is 1. The molecule has 3 rings (SSSR count). The second-order valence-electron chi connectivity index (χ2n) is 5.82. The average Bonchev–Trinajstić information content (AvgIpc) is 3.03. The highest BCUT2D eigenvalue weighted by Crippen LogP contribution is 2.22. The van der Waals surface area contributed by atoms with Crippen molar-refractivity contribution in [2.45, 2.75) is 6.54 Å². The number of carboxylic acids is 1. The molecule has 1 N–H and O–H groups in total. The van der Waals surface area contributed by atoms with Crippen molar-refractivity contribution in [2.24, 2.45) is 0 Å². The monoisotopic (exact) mass is 321 g/mol. The van der Waals surface area contributed by atoms with Gasteiger partial charge in [0.15, 0.2) is 0 Å². The molecule has 5 nitrogen and oxygen atoms in total. The zero-order chi connectivity index (χ0) is 17.1. The number of aromatic carboxylic acids is 1. The van der Waals surface area contributed by atoms with Crippen molar-refractivity contribution in [3.8, 4) is 11.4 Å².